The van der Waals surface area contributed by atoms with E-state index in [4.69, 9.17) is 0 Å². The quantitative estimate of drug-likeness (QED) is 0.738. The molecule has 0 spiro atoms. The van der Waals surface area contributed by atoms with Crippen molar-refractivity contribution in [1.82, 2.24) is 5.32 Å². The minimum Gasteiger partial charge on any atom is -0.309 e. The summed E-state index contributed by atoms with van der Waals surface area (Å²) in [6.45, 7) is 2.11. The second-order valence-electron chi connectivity index (χ2n) is 4.91. The Morgan fingerprint density at radius 3 is 2.40 bits per heavy atom. The Bertz CT molecular complexity index is 748. The summed E-state index contributed by atoms with van der Waals surface area (Å²) in [5.74, 6) is -0.166. The molecule has 3 rings (SSSR count). The van der Waals surface area contributed by atoms with E-state index in [2.05, 4.69) is 23.0 Å². The molecular formula is C17H16FNS. The fraction of sp³-hybridized carbons (Fsp3) is 0.176. The van der Waals surface area contributed by atoms with Crippen LogP contribution in [0, 0.1) is 12.7 Å². The third-order valence-corrected chi connectivity index (χ3v) is 4.59. The summed E-state index contributed by atoms with van der Waals surface area (Å²) in [6.07, 6.45) is 0. The van der Waals surface area contributed by atoms with Crippen molar-refractivity contribution in [2.24, 2.45) is 0 Å². The highest BCUT2D eigenvalue weighted by molar-refractivity contribution is 7.08. The molecule has 1 atom stereocenters. The average molecular weight is 285 g/mol. The normalized spacial score (nSPS) is 12.8. The van der Waals surface area contributed by atoms with Gasteiger partial charge in [-0.25, -0.2) is 4.39 Å². The summed E-state index contributed by atoms with van der Waals surface area (Å²) in [5, 5.41) is 9.31. The molecule has 1 nitrogen and oxygen atoms in total. The molecule has 0 bridgehead atoms. The first-order valence-electron chi connectivity index (χ1n) is 6.59. The van der Waals surface area contributed by atoms with Crippen molar-refractivity contribution in [3.63, 3.8) is 0 Å². The van der Waals surface area contributed by atoms with Gasteiger partial charge in [0.1, 0.15) is 5.82 Å². The van der Waals surface area contributed by atoms with E-state index in [1.54, 1.807) is 17.4 Å². The lowest BCUT2D eigenvalue weighted by Crippen LogP contribution is -2.18. The van der Waals surface area contributed by atoms with Gasteiger partial charge in [-0.15, -0.1) is 0 Å². The van der Waals surface area contributed by atoms with Gasteiger partial charge < -0.3 is 5.32 Å². The van der Waals surface area contributed by atoms with E-state index in [0.717, 1.165) is 10.9 Å². The van der Waals surface area contributed by atoms with Crippen molar-refractivity contribution in [3.05, 3.63) is 69.7 Å². The van der Waals surface area contributed by atoms with Gasteiger partial charge >= 0.3 is 0 Å². The van der Waals surface area contributed by atoms with Crippen LogP contribution in [0.15, 0.2) is 47.2 Å². The van der Waals surface area contributed by atoms with Crippen molar-refractivity contribution >= 4 is 22.1 Å². The molecule has 3 aromatic rings. The van der Waals surface area contributed by atoms with Crippen molar-refractivity contribution in [2.75, 3.05) is 7.05 Å². The van der Waals surface area contributed by atoms with Crippen LogP contribution in [0.3, 0.4) is 0 Å². The molecule has 3 heteroatoms. The van der Waals surface area contributed by atoms with Gasteiger partial charge in [-0.05, 0) is 52.9 Å². The zero-order chi connectivity index (χ0) is 14.1. The second-order valence-corrected chi connectivity index (χ2v) is 5.66. The molecule has 0 aliphatic heterocycles. The molecule has 0 aliphatic carbocycles. The molecule has 0 radical (unpaired) electrons. The van der Waals surface area contributed by atoms with Gasteiger partial charge in [0.15, 0.2) is 0 Å². The number of nitrogens with one attached hydrogen (secondary N) is 1. The van der Waals surface area contributed by atoms with Crippen LogP contribution in [0.1, 0.15) is 22.7 Å². The fourth-order valence-corrected chi connectivity index (χ4v) is 3.56. The summed E-state index contributed by atoms with van der Waals surface area (Å²) in [4.78, 5) is 0. The Hall–Kier alpha value is -1.71. The number of fused-ring (bicyclic) bond motifs is 1. The Labute approximate surface area is 122 Å². The van der Waals surface area contributed by atoms with Crippen LogP contribution in [0.4, 0.5) is 4.39 Å². The largest absolute Gasteiger partial charge is 0.309 e. The molecule has 0 aliphatic rings. The van der Waals surface area contributed by atoms with Crippen LogP contribution in [-0.4, -0.2) is 7.05 Å². The molecule has 1 aromatic heterocycles. The molecule has 0 saturated carbocycles. The van der Waals surface area contributed by atoms with E-state index >= 15 is 0 Å². The topological polar surface area (TPSA) is 12.0 Å². The first kappa shape index (κ1) is 13.3. The van der Waals surface area contributed by atoms with E-state index in [-0.39, 0.29) is 11.9 Å². The zero-order valence-electron chi connectivity index (χ0n) is 11.5. The van der Waals surface area contributed by atoms with Crippen LogP contribution >= 0.6 is 11.3 Å². The molecule has 20 heavy (non-hydrogen) atoms. The number of hydrogen-bond acceptors (Lipinski definition) is 2. The first-order valence-corrected chi connectivity index (χ1v) is 7.53. The second kappa shape index (κ2) is 5.35. The van der Waals surface area contributed by atoms with Crippen molar-refractivity contribution in [3.8, 4) is 0 Å². The highest BCUT2D eigenvalue weighted by Gasteiger charge is 2.18. The van der Waals surface area contributed by atoms with E-state index in [0.29, 0.717) is 5.39 Å². The fourth-order valence-electron chi connectivity index (χ4n) is 2.68. The van der Waals surface area contributed by atoms with Gasteiger partial charge in [-0.3, -0.25) is 0 Å². The maximum atomic E-state index is 13.9. The Kier molecular flexibility index (Phi) is 3.55. The van der Waals surface area contributed by atoms with Gasteiger partial charge in [0, 0.05) is 5.39 Å². The molecule has 0 saturated heterocycles. The average Bonchev–Trinajstić information content (AvgIpc) is 2.89. The van der Waals surface area contributed by atoms with Crippen LogP contribution in [0.25, 0.3) is 10.8 Å². The highest BCUT2D eigenvalue weighted by atomic mass is 32.1. The Balaban J connectivity index is 2.23. The monoisotopic (exact) mass is 285 g/mol. The summed E-state index contributed by atoms with van der Waals surface area (Å²) in [6, 6.07) is 11.2. The summed E-state index contributed by atoms with van der Waals surface area (Å²) >= 11 is 1.70. The predicted octanol–water partition coefficient (Wildman–Crippen LogP) is 4.66. The third-order valence-electron chi connectivity index (χ3n) is 3.71. The predicted molar refractivity (Wildman–Crippen MR) is 83.9 cm³/mol. The molecule has 2 aromatic carbocycles. The smallest absolute Gasteiger partial charge is 0.131 e. The lowest BCUT2D eigenvalue weighted by Gasteiger charge is -2.19. The van der Waals surface area contributed by atoms with Gasteiger partial charge in [0.25, 0.3) is 0 Å². The van der Waals surface area contributed by atoms with Gasteiger partial charge in [-0.2, -0.15) is 11.3 Å². The first-order chi connectivity index (χ1) is 9.72. The Morgan fingerprint density at radius 1 is 1.00 bits per heavy atom. The Morgan fingerprint density at radius 2 is 1.75 bits per heavy atom. The third kappa shape index (κ3) is 2.13. The van der Waals surface area contributed by atoms with Crippen molar-refractivity contribution in [2.45, 2.75) is 13.0 Å². The van der Waals surface area contributed by atoms with E-state index in [1.165, 1.54) is 11.1 Å². The lowest BCUT2D eigenvalue weighted by molar-refractivity contribution is 0.636. The van der Waals surface area contributed by atoms with Crippen LogP contribution < -0.4 is 5.32 Å². The molecule has 0 amide bonds. The van der Waals surface area contributed by atoms with Gasteiger partial charge in [0.2, 0.25) is 0 Å². The maximum Gasteiger partial charge on any atom is 0.131 e. The summed E-state index contributed by atoms with van der Waals surface area (Å²) in [7, 11) is 1.94. The van der Waals surface area contributed by atoms with Gasteiger partial charge in [-0.1, -0.05) is 30.3 Å². The number of thiophene rings is 1. The molecule has 1 N–H and O–H groups in total. The molecule has 0 fully saturated rings. The maximum absolute atomic E-state index is 13.9. The number of aryl methyl sites for hydroxylation is 1. The van der Waals surface area contributed by atoms with E-state index in [1.807, 2.05) is 37.4 Å². The minimum absolute atomic E-state index is 0.0896. The number of halogens is 1. The summed E-state index contributed by atoms with van der Waals surface area (Å²) in [5.41, 5.74) is 3.64. The molecular weight excluding hydrogens is 269 g/mol. The van der Waals surface area contributed by atoms with Crippen molar-refractivity contribution < 1.29 is 4.39 Å². The van der Waals surface area contributed by atoms with Gasteiger partial charge in [0.05, 0.1) is 6.04 Å². The van der Waals surface area contributed by atoms with Crippen molar-refractivity contribution in [1.29, 1.82) is 0 Å². The summed E-state index contributed by atoms with van der Waals surface area (Å²) < 4.78 is 13.9. The zero-order valence-corrected chi connectivity index (χ0v) is 12.3. The SMILES string of the molecule is CNC(c1cscc1C)c1ccc(F)c2ccccc12. The molecule has 1 unspecified atom stereocenters. The number of hydrogen-bond donors (Lipinski definition) is 1. The number of rotatable bonds is 3. The molecule has 1 heterocycles. The van der Waals surface area contributed by atoms with Crippen LogP contribution in [-0.2, 0) is 0 Å². The number of benzene rings is 2. The molecule has 102 valence electrons. The van der Waals surface area contributed by atoms with E-state index in [9.17, 15) is 4.39 Å². The lowest BCUT2D eigenvalue weighted by atomic mass is 9.93. The van der Waals surface area contributed by atoms with Crippen LogP contribution in [0.5, 0.6) is 0 Å². The minimum atomic E-state index is -0.166. The van der Waals surface area contributed by atoms with Crippen LogP contribution in [0.2, 0.25) is 0 Å². The highest BCUT2D eigenvalue weighted by Crippen LogP contribution is 2.32. The standard InChI is InChI=1S/C17H16FNS/c1-11-9-20-10-15(11)17(19-2)14-7-8-16(18)13-6-4-3-5-12(13)14/h3-10,17,19H,1-2H3. The van der Waals surface area contributed by atoms with E-state index < -0.39 is 0 Å².